The number of carbonyl (C=O) groups excluding carboxylic acids is 2. The maximum Gasteiger partial charge on any atom is 0.408 e. The highest BCUT2D eigenvalue weighted by Crippen LogP contribution is 2.26. The molecule has 0 aliphatic rings. The molecule has 0 heterocycles. The Bertz CT molecular complexity index is 812. The van der Waals surface area contributed by atoms with E-state index in [1.165, 1.54) is 41.5 Å². The highest BCUT2D eigenvalue weighted by atomic mass is 32.2. The summed E-state index contributed by atoms with van der Waals surface area (Å²) < 4.78 is 75.5. The molecule has 0 unspecified atom stereocenters. The first-order chi connectivity index (χ1) is 14.1. The zero-order valence-corrected chi connectivity index (χ0v) is 19.5. The van der Waals surface area contributed by atoms with Crippen molar-refractivity contribution in [2.75, 3.05) is 0 Å². The zero-order chi connectivity index (χ0) is 25.5. The van der Waals surface area contributed by atoms with Gasteiger partial charge in [0.25, 0.3) is 10.0 Å². The topological polar surface area (TPSA) is 148 Å². The lowest BCUT2D eigenvalue weighted by atomic mass is 10.2. The van der Waals surface area contributed by atoms with Crippen LogP contribution in [0.25, 0.3) is 0 Å². The lowest BCUT2D eigenvalue weighted by Gasteiger charge is -2.23. The summed E-state index contributed by atoms with van der Waals surface area (Å²) in [7, 11) is -4.84. The van der Waals surface area contributed by atoms with Gasteiger partial charge in [-0.05, 0) is 48.0 Å². The highest BCUT2D eigenvalue weighted by Gasteiger charge is 2.39. The third-order valence-electron chi connectivity index (χ3n) is 3.27. The molecule has 0 spiro atoms. The monoisotopic (exact) mass is 490 g/mol. The van der Waals surface area contributed by atoms with E-state index >= 15 is 0 Å². The Hall–Kier alpha value is -2.38. The normalized spacial score (nSPS) is 15.2. The molecule has 10 nitrogen and oxygen atoms in total. The smallest absolute Gasteiger partial charge is 0.408 e. The molecular formula is C18H29F3N2O8S. The fourth-order valence-corrected chi connectivity index (χ4v) is 3.20. The molecule has 32 heavy (non-hydrogen) atoms. The standard InChI is InChI=1S/C18H29F3N2O8S/c1-16(2,3)30-14(26)12(7-9-18(19,20)21)32(28,29)22-10-8-11(13(24)25)23-15(27)31-17(4,5)6/h10-12H,7-9H2,1-6H3,(H,23,27)(H,24,25)/b22-10+/t11-,12-/m0/s1. The number of rotatable bonds is 9. The van der Waals surface area contributed by atoms with Gasteiger partial charge in [0.15, 0.2) is 5.25 Å². The van der Waals surface area contributed by atoms with Crippen molar-refractivity contribution in [3.05, 3.63) is 0 Å². The summed E-state index contributed by atoms with van der Waals surface area (Å²) in [4.78, 5) is 35.2. The molecule has 2 N–H and O–H groups in total. The van der Waals surface area contributed by atoms with E-state index < -0.39 is 76.0 Å². The number of alkyl halides is 3. The summed E-state index contributed by atoms with van der Waals surface area (Å²) in [6, 6.07) is -1.64. The third-order valence-corrected chi connectivity index (χ3v) is 4.86. The summed E-state index contributed by atoms with van der Waals surface area (Å²) in [6.07, 6.45) is -8.59. The number of carboxylic acids is 1. The highest BCUT2D eigenvalue weighted by molar-refractivity contribution is 7.91. The summed E-state index contributed by atoms with van der Waals surface area (Å²) in [5.74, 6) is -2.96. The minimum absolute atomic E-state index is 0.580. The number of hydrogen-bond donors (Lipinski definition) is 2. The van der Waals surface area contributed by atoms with Gasteiger partial charge >= 0.3 is 24.2 Å². The van der Waals surface area contributed by atoms with Crippen LogP contribution in [0.15, 0.2) is 4.40 Å². The molecule has 14 heteroatoms. The molecule has 0 aromatic heterocycles. The van der Waals surface area contributed by atoms with E-state index in [1.807, 2.05) is 5.32 Å². The van der Waals surface area contributed by atoms with Crippen molar-refractivity contribution < 1.29 is 50.6 Å². The average molecular weight is 490 g/mol. The number of hydrogen-bond acceptors (Lipinski definition) is 7. The number of halogens is 3. The molecule has 0 saturated heterocycles. The molecule has 0 saturated carbocycles. The Balaban J connectivity index is 5.52. The molecule has 2 atom stereocenters. The van der Waals surface area contributed by atoms with Crippen LogP contribution >= 0.6 is 0 Å². The van der Waals surface area contributed by atoms with Crippen LogP contribution in [0.4, 0.5) is 18.0 Å². The summed E-state index contributed by atoms with van der Waals surface area (Å²) in [6.45, 7) is 8.82. The first kappa shape index (κ1) is 29.6. The van der Waals surface area contributed by atoms with Gasteiger partial charge in [-0.25, -0.2) is 18.0 Å². The van der Waals surface area contributed by atoms with E-state index in [9.17, 15) is 36.0 Å². The van der Waals surface area contributed by atoms with E-state index in [0.29, 0.717) is 6.21 Å². The molecule has 0 aliphatic heterocycles. The first-order valence-corrected chi connectivity index (χ1v) is 10.9. The Morgan fingerprint density at radius 1 is 1.03 bits per heavy atom. The van der Waals surface area contributed by atoms with E-state index in [0.717, 1.165) is 0 Å². The van der Waals surface area contributed by atoms with Crippen molar-refractivity contribution in [1.29, 1.82) is 0 Å². The molecule has 186 valence electrons. The van der Waals surface area contributed by atoms with Gasteiger partial charge in [-0.3, -0.25) is 4.79 Å². The van der Waals surface area contributed by atoms with Gasteiger partial charge in [0, 0.05) is 19.1 Å². The van der Waals surface area contributed by atoms with Gasteiger partial charge in [-0.15, -0.1) is 0 Å². The third kappa shape index (κ3) is 13.1. The lowest BCUT2D eigenvalue weighted by molar-refractivity contribution is -0.156. The van der Waals surface area contributed by atoms with Crippen LogP contribution in [0.2, 0.25) is 0 Å². The number of esters is 1. The molecule has 0 bridgehead atoms. The number of aliphatic carboxylic acids is 1. The Kier molecular flexibility index (Phi) is 10.2. The number of amides is 1. The maximum absolute atomic E-state index is 12.6. The number of ether oxygens (including phenoxy) is 2. The van der Waals surface area contributed by atoms with Crippen LogP contribution in [0, 0.1) is 0 Å². The number of nitrogens with one attached hydrogen (secondary N) is 1. The van der Waals surface area contributed by atoms with Gasteiger partial charge in [0.05, 0.1) is 0 Å². The molecular weight excluding hydrogens is 461 g/mol. The maximum atomic E-state index is 12.6. The van der Waals surface area contributed by atoms with Crippen molar-refractivity contribution in [1.82, 2.24) is 5.32 Å². The predicted molar refractivity (Wildman–Crippen MR) is 108 cm³/mol. The first-order valence-electron chi connectivity index (χ1n) is 9.42. The molecule has 1 amide bonds. The summed E-state index contributed by atoms with van der Waals surface area (Å²) in [5, 5.41) is 8.92. The van der Waals surface area contributed by atoms with Crippen LogP contribution in [-0.4, -0.2) is 66.4 Å². The van der Waals surface area contributed by atoms with Crippen LogP contribution < -0.4 is 5.32 Å². The van der Waals surface area contributed by atoms with Crippen molar-refractivity contribution in [2.45, 2.75) is 89.5 Å². The van der Waals surface area contributed by atoms with Crippen molar-refractivity contribution in [3.8, 4) is 0 Å². The Morgan fingerprint density at radius 3 is 1.94 bits per heavy atom. The van der Waals surface area contributed by atoms with Gasteiger partial charge in [0.1, 0.15) is 17.2 Å². The minimum atomic E-state index is -4.84. The quantitative estimate of drug-likeness (QED) is 0.370. The summed E-state index contributed by atoms with van der Waals surface area (Å²) >= 11 is 0. The number of nitrogens with zero attached hydrogens (tertiary/aromatic N) is 1. The number of carboxylic acid groups (broad SMARTS) is 1. The van der Waals surface area contributed by atoms with Crippen LogP contribution in [-0.2, 0) is 29.1 Å². The fraction of sp³-hybridized carbons (Fsp3) is 0.778. The van der Waals surface area contributed by atoms with E-state index in [2.05, 4.69) is 4.40 Å². The van der Waals surface area contributed by atoms with Crippen LogP contribution in [0.5, 0.6) is 0 Å². The second kappa shape index (κ2) is 11.0. The van der Waals surface area contributed by atoms with Gasteiger partial charge in [0.2, 0.25) is 0 Å². The number of sulfonamides is 1. The van der Waals surface area contributed by atoms with E-state index in [1.54, 1.807) is 0 Å². The lowest BCUT2D eigenvalue weighted by Crippen LogP contribution is -2.43. The number of alkyl carbamates (subject to hydrolysis) is 1. The van der Waals surface area contributed by atoms with E-state index in [4.69, 9.17) is 14.6 Å². The molecule has 0 aliphatic carbocycles. The van der Waals surface area contributed by atoms with E-state index in [-0.39, 0.29) is 0 Å². The minimum Gasteiger partial charge on any atom is -0.480 e. The molecule has 0 aromatic carbocycles. The second-order valence-corrected chi connectivity index (χ2v) is 10.6. The second-order valence-electron chi connectivity index (χ2n) is 8.75. The van der Waals surface area contributed by atoms with Crippen molar-refractivity contribution >= 4 is 34.3 Å². The zero-order valence-electron chi connectivity index (χ0n) is 18.6. The average Bonchev–Trinajstić information content (AvgIpc) is 2.48. The predicted octanol–water partition coefficient (Wildman–Crippen LogP) is 2.81. The SMILES string of the molecule is CC(C)(C)OC(=O)N[C@@H](C/C=N/S(=O)(=O)[C@@H](CCC(F)(F)F)C(=O)OC(C)(C)C)C(=O)O. The van der Waals surface area contributed by atoms with Crippen LogP contribution in [0.3, 0.4) is 0 Å². The van der Waals surface area contributed by atoms with Gasteiger partial charge in [-0.2, -0.15) is 17.6 Å². The molecule has 0 rings (SSSR count). The fourth-order valence-electron chi connectivity index (χ4n) is 2.05. The van der Waals surface area contributed by atoms with Gasteiger partial charge in [-0.1, -0.05) is 0 Å². The largest absolute Gasteiger partial charge is 0.480 e. The molecule has 0 fully saturated rings. The Morgan fingerprint density at radius 2 is 1.53 bits per heavy atom. The Labute approximate surface area is 184 Å². The van der Waals surface area contributed by atoms with Gasteiger partial charge < -0.3 is 19.9 Å². The van der Waals surface area contributed by atoms with Crippen molar-refractivity contribution in [3.63, 3.8) is 0 Å². The van der Waals surface area contributed by atoms with Crippen LogP contribution in [0.1, 0.15) is 60.8 Å². The summed E-state index contributed by atoms with van der Waals surface area (Å²) in [5.41, 5.74) is -2.10. The van der Waals surface area contributed by atoms with Crippen molar-refractivity contribution in [2.24, 2.45) is 4.40 Å². The molecule has 0 radical (unpaired) electrons. The molecule has 0 aromatic rings. The number of carbonyl (C=O) groups is 3.